The summed E-state index contributed by atoms with van der Waals surface area (Å²) in [6.45, 7) is 4.02. The van der Waals surface area contributed by atoms with E-state index in [4.69, 9.17) is 10.7 Å². The van der Waals surface area contributed by atoms with Crippen LogP contribution in [-0.2, 0) is 10.0 Å². The molecular formula is C22H22N4O2S. The van der Waals surface area contributed by atoms with Crippen LogP contribution in [0.15, 0.2) is 54.6 Å². The molecule has 4 aromatic rings. The number of nitrogens with two attached hydrogens (primary N) is 1. The van der Waals surface area contributed by atoms with Crippen LogP contribution in [0.5, 0.6) is 0 Å². The SMILES string of the molecule is Cc1cccc2c(Nc3ccc(NS(C)(=O)=O)cc3)c3ccc(N)c(C)c3nc12. The second-order valence-electron chi connectivity index (χ2n) is 7.21. The number of nitrogens with one attached hydrogen (secondary N) is 2. The number of hydrogen-bond acceptors (Lipinski definition) is 5. The second-order valence-corrected chi connectivity index (χ2v) is 8.96. The van der Waals surface area contributed by atoms with E-state index in [1.54, 1.807) is 12.1 Å². The molecule has 29 heavy (non-hydrogen) atoms. The van der Waals surface area contributed by atoms with Crippen LogP contribution in [0.2, 0.25) is 0 Å². The molecule has 0 aliphatic heterocycles. The molecule has 0 aliphatic carbocycles. The Morgan fingerprint density at radius 1 is 0.862 bits per heavy atom. The summed E-state index contributed by atoms with van der Waals surface area (Å²) in [7, 11) is -3.31. The van der Waals surface area contributed by atoms with Crippen LogP contribution < -0.4 is 15.8 Å². The van der Waals surface area contributed by atoms with E-state index in [0.717, 1.165) is 50.6 Å². The molecule has 6 nitrogen and oxygen atoms in total. The Bertz CT molecular complexity index is 1350. The number of anilines is 4. The van der Waals surface area contributed by atoms with E-state index in [0.29, 0.717) is 11.4 Å². The minimum Gasteiger partial charge on any atom is -0.398 e. The molecule has 0 bridgehead atoms. The molecule has 3 aromatic carbocycles. The lowest BCUT2D eigenvalue weighted by Gasteiger charge is -2.16. The highest BCUT2D eigenvalue weighted by Gasteiger charge is 2.14. The maximum absolute atomic E-state index is 11.4. The Morgan fingerprint density at radius 2 is 1.52 bits per heavy atom. The van der Waals surface area contributed by atoms with Gasteiger partial charge in [-0.25, -0.2) is 13.4 Å². The third-order valence-electron chi connectivity index (χ3n) is 4.93. The summed E-state index contributed by atoms with van der Waals surface area (Å²) in [6.07, 6.45) is 1.13. The molecule has 0 aliphatic rings. The van der Waals surface area contributed by atoms with Gasteiger partial charge in [-0.1, -0.05) is 18.2 Å². The molecule has 1 heterocycles. The third-order valence-corrected chi connectivity index (χ3v) is 5.54. The molecule has 4 N–H and O–H groups in total. The predicted molar refractivity (Wildman–Crippen MR) is 121 cm³/mol. The predicted octanol–water partition coefficient (Wildman–Crippen LogP) is 4.70. The molecule has 0 saturated heterocycles. The summed E-state index contributed by atoms with van der Waals surface area (Å²) in [6, 6.07) is 17.1. The Morgan fingerprint density at radius 3 is 2.21 bits per heavy atom. The first kappa shape index (κ1) is 19.0. The van der Waals surface area contributed by atoms with Gasteiger partial charge in [0.05, 0.1) is 23.0 Å². The average molecular weight is 407 g/mol. The second kappa shape index (κ2) is 6.93. The van der Waals surface area contributed by atoms with Gasteiger partial charge in [0.25, 0.3) is 0 Å². The van der Waals surface area contributed by atoms with E-state index < -0.39 is 10.0 Å². The highest BCUT2D eigenvalue weighted by molar-refractivity contribution is 7.92. The van der Waals surface area contributed by atoms with E-state index in [-0.39, 0.29) is 0 Å². The van der Waals surface area contributed by atoms with E-state index >= 15 is 0 Å². The van der Waals surface area contributed by atoms with Crippen LogP contribution in [0, 0.1) is 13.8 Å². The number of rotatable bonds is 4. The van der Waals surface area contributed by atoms with Gasteiger partial charge in [-0.3, -0.25) is 4.72 Å². The zero-order valence-electron chi connectivity index (χ0n) is 16.4. The van der Waals surface area contributed by atoms with Crippen molar-refractivity contribution >= 4 is 54.6 Å². The van der Waals surface area contributed by atoms with Gasteiger partial charge in [0, 0.05) is 27.8 Å². The topological polar surface area (TPSA) is 97.1 Å². The lowest BCUT2D eigenvalue weighted by atomic mass is 10.0. The Labute approximate surface area is 169 Å². The van der Waals surface area contributed by atoms with E-state index in [1.807, 2.05) is 56.3 Å². The number of nitrogen functional groups attached to an aromatic ring is 1. The molecular weight excluding hydrogens is 384 g/mol. The lowest BCUT2D eigenvalue weighted by molar-refractivity contribution is 0.607. The highest BCUT2D eigenvalue weighted by atomic mass is 32.2. The van der Waals surface area contributed by atoms with Crippen molar-refractivity contribution in [2.24, 2.45) is 0 Å². The summed E-state index contributed by atoms with van der Waals surface area (Å²) >= 11 is 0. The van der Waals surface area contributed by atoms with Crippen LogP contribution in [0.1, 0.15) is 11.1 Å². The summed E-state index contributed by atoms with van der Waals surface area (Å²) in [5.41, 5.74) is 13.0. The fourth-order valence-electron chi connectivity index (χ4n) is 3.44. The molecule has 148 valence electrons. The molecule has 0 radical (unpaired) electrons. The number of para-hydroxylation sites is 1. The van der Waals surface area contributed by atoms with E-state index in [1.165, 1.54) is 0 Å². The molecule has 0 atom stereocenters. The van der Waals surface area contributed by atoms with Gasteiger partial charge >= 0.3 is 0 Å². The monoisotopic (exact) mass is 406 g/mol. The van der Waals surface area contributed by atoms with Crippen LogP contribution in [0.4, 0.5) is 22.7 Å². The molecule has 4 rings (SSSR count). The number of sulfonamides is 1. The van der Waals surface area contributed by atoms with Crippen LogP contribution in [-0.4, -0.2) is 19.7 Å². The lowest BCUT2D eigenvalue weighted by Crippen LogP contribution is -2.09. The molecule has 0 amide bonds. The normalized spacial score (nSPS) is 11.7. The average Bonchev–Trinajstić information content (AvgIpc) is 2.66. The molecule has 0 saturated carbocycles. The molecule has 7 heteroatoms. The standard InChI is InChI=1S/C22H22N4O2S/c1-13-5-4-6-17-20(13)25-21-14(2)19(23)12-11-18(21)22(17)24-15-7-9-16(10-8-15)26-29(3,27)28/h4-12,26H,23H2,1-3H3,(H,24,25). The van der Waals surface area contributed by atoms with Gasteiger partial charge in [0.1, 0.15) is 0 Å². The Balaban J connectivity index is 1.87. The van der Waals surface area contributed by atoms with E-state index in [2.05, 4.69) is 10.0 Å². The number of aromatic nitrogens is 1. The maximum atomic E-state index is 11.4. The maximum Gasteiger partial charge on any atom is 0.229 e. The van der Waals surface area contributed by atoms with Crippen LogP contribution >= 0.6 is 0 Å². The van der Waals surface area contributed by atoms with E-state index in [9.17, 15) is 8.42 Å². The first-order valence-corrected chi connectivity index (χ1v) is 11.0. The summed E-state index contributed by atoms with van der Waals surface area (Å²) in [5, 5.41) is 5.49. The Hall–Kier alpha value is -3.32. The van der Waals surface area contributed by atoms with Gasteiger partial charge in [-0.15, -0.1) is 0 Å². The Kier molecular flexibility index (Phi) is 4.55. The van der Waals surface area contributed by atoms with Crippen molar-refractivity contribution in [3.8, 4) is 0 Å². The zero-order chi connectivity index (χ0) is 20.8. The minimum atomic E-state index is -3.31. The van der Waals surface area contributed by atoms with Crippen molar-refractivity contribution in [2.45, 2.75) is 13.8 Å². The van der Waals surface area contributed by atoms with Crippen molar-refractivity contribution in [1.29, 1.82) is 0 Å². The smallest absolute Gasteiger partial charge is 0.229 e. The van der Waals surface area contributed by atoms with Crippen molar-refractivity contribution < 1.29 is 8.42 Å². The van der Waals surface area contributed by atoms with Gasteiger partial charge in [0.15, 0.2) is 0 Å². The van der Waals surface area contributed by atoms with Crippen molar-refractivity contribution in [2.75, 3.05) is 22.0 Å². The van der Waals surface area contributed by atoms with Gasteiger partial charge in [-0.2, -0.15) is 0 Å². The number of aryl methyl sites for hydroxylation is 2. The van der Waals surface area contributed by atoms with Crippen molar-refractivity contribution in [3.63, 3.8) is 0 Å². The van der Waals surface area contributed by atoms with Gasteiger partial charge in [0.2, 0.25) is 10.0 Å². The first-order valence-electron chi connectivity index (χ1n) is 9.16. The quantitative estimate of drug-likeness (QED) is 0.337. The summed E-state index contributed by atoms with van der Waals surface area (Å²) < 4.78 is 25.3. The van der Waals surface area contributed by atoms with Crippen molar-refractivity contribution in [1.82, 2.24) is 4.98 Å². The zero-order valence-corrected chi connectivity index (χ0v) is 17.3. The summed E-state index contributed by atoms with van der Waals surface area (Å²) in [5.74, 6) is 0. The van der Waals surface area contributed by atoms with Gasteiger partial charge < -0.3 is 11.1 Å². The fourth-order valence-corrected chi connectivity index (χ4v) is 4.01. The number of nitrogens with zero attached hydrogens (tertiary/aromatic N) is 1. The number of fused-ring (bicyclic) bond motifs is 2. The molecule has 1 aromatic heterocycles. The van der Waals surface area contributed by atoms with Crippen LogP contribution in [0.25, 0.3) is 21.8 Å². The molecule has 0 unspecified atom stereocenters. The number of hydrogen-bond donors (Lipinski definition) is 3. The number of pyridine rings is 1. The molecule has 0 fully saturated rings. The minimum absolute atomic E-state index is 0.516. The first-order chi connectivity index (χ1) is 13.7. The third kappa shape index (κ3) is 3.69. The summed E-state index contributed by atoms with van der Waals surface area (Å²) in [4.78, 5) is 4.90. The van der Waals surface area contributed by atoms with Crippen molar-refractivity contribution in [3.05, 3.63) is 65.7 Å². The number of benzene rings is 3. The molecule has 0 spiro atoms. The fraction of sp³-hybridized carbons (Fsp3) is 0.136. The highest BCUT2D eigenvalue weighted by Crippen LogP contribution is 2.36. The largest absolute Gasteiger partial charge is 0.398 e. The van der Waals surface area contributed by atoms with Gasteiger partial charge in [-0.05, 0) is 61.4 Å². The van der Waals surface area contributed by atoms with Crippen LogP contribution in [0.3, 0.4) is 0 Å².